The highest BCUT2D eigenvalue weighted by Gasteiger charge is 2.40. The Balaban J connectivity index is 1.02. The first-order valence-electron chi connectivity index (χ1n) is 18.0. The number of carbonyl (C=O) groups excluding carboxylic acids is 3. The summed E-state index contributed by atoms with van der Waals surface area (Å²) in [5.74, 6) is -0.0522. The topological polar surface area (TPSA) is 133 Å². The van der Waals surface area contributed by atoms with Crippen molar-refractivity contribution in [1.29, 1.82) is 0 Å². The van der Waals surface area contributed by atoms with Crippen LogP contribution in [0.2, 0.25) is 0 Å². The normalized spacial score (nSPS) is 19.4. The zero-order valence-electron chi connectivity index (χ0n) is 30.2. The van der Waals surface area contributed by atoms with E-state index in [0.29, 0.717) is 49.4 Å². The van der Waals surface area contributed by atoms with E-state index >= 15 is 0 Å². The predicted octanol–water partition coefficient (Wildman–Crippen LogP) is 7.44. The Morgan fingerprint density at radius 3 is 2.46 bits per heavy atom. The lowest BCUT2D eigenvalue weighted by atomic mass is 9.70. The van der Waals surface area contributed by atoms with Crippen LogP contribution in [0.15, 0.2) is 73.1 Å². The summed E-state index contributed by atoms with van der Waals surface area (Å²) < 4.78 is 19.4. The van der Waals surface area contributed by atoms with Crippen LogP contribution in [-0.2, 0) is 16.1 Å². The molecule has 2 aromatic heterocycles. The third-order valence-electron chi connectivity index (χ3n) is 10.9. The molecule has 2 saturated carbocycles. The molecule has 7 rings (SSSR count). The van der Waals surface area contributed by atoms with Gasteiger partial charge in [0.15, 0.2) is 11.5 Å². The fourth-order valence-electron chi connectivity index (χ4n) is 7.30. The highest BCUT2D eigenvalue weighted by Crippen LogP contribution is 2.41. The van der Waals surface area contributed by atoms with Gasteiger partial charge in [0.05, 0.1) is 24.2 Å². The minimum absolute atomic E-state index is 0.0689. The maximum Gasteiger partial charge on any atom is 0.312 e. The Hall–Kier alpha value is -5.45. The summed E-state index contributed by atoms with van der Waals surface area (Å²) in [4.78, 5) is 45.1. The van der Waals surface area contributed by atoms with Gasteiger partial charge in [0.2, 0.25) is 0 Å². The standard InChI is InChI=1S/C41H45N5O6/c1-26-22-33(50-4)31(37(47)44-35-34(36-42-20-9-21-46(36)45-35)38(48)43-25-40(2)16-8-17-40)23-32(26)52-29-14-18-41(3,19-15-29)39(49)51-24-28-12-7-11-27-10-5-6-13-30(27)28/h5-7,9-13,20-23,29H,8,14-19,24-25H2,1-4H3,(H,43,48)(H,44,45,47)/t29-,41+. The summed E-state index contributed by atoms with van der Waals surface area (Å²) in [6.07, 6.45) is 8.90. The van der Waals surface area contributed by atoms with Crippen LogP contribution in [0.3, 0.4) is 0 Å². The Bertz CT molecular complexity index is 2140. The number of hydrogen-bond donors (Lipinski definition) is 2. The second-order valence-corrected chi connectivity index (χ2v) is 14.8. The van der Waals surface area contributed by atoms with Gasteiger partial charge < -0.3 is 24.8 Å². The van der Waals surface area contributed by atoms with Gasteiger partial charge in [0, 0.05) is 18.9 Å². The van der Waals surface area contributed by atoms with Gasteiger partial charge in [-0.05, 0) is 97.9 Å². The number of nitrogens with zero attached hydrogens (tertiary/aromatic N) is 3. The molecule has 2 N–H and O–H groups in total. The number of fused-ring (bicyclic) bond motifs is 2. The van der Waals surface area contributed by atoms with E-state index in [0.717, 1.165) is 41.2 Å². The number of benzene rings is 3. The fraction of sp³-hybridized carbons (Fsp3) is 0.390. The fourth-order valence-corrected chi connectivity index (χ4v) is 7.30. The van der Waals surface area contributed by atoms with Crippen LogP contribution < -0.4 is 20.1 Å². The van der Waals surface area contributed by atoms with E-state index in [1.165, 1.54) is 11.6 Å². The van der Waals surface area contributed by atoms with Crippen LogP contribution in [0.5, 0.6) is 11.5 Å². The molecule has 2 amide bonds. The van der Waals surface area contributed by atoms with Crippen LogP contribution in [0.1, 0.15) is 90.6 Å². The van der Waals surface area contributed by atoms with Crippen molar-refractivity contribution in [2.45, 2.75) is 78.4 Å². The molecule has 0 atom stereocenters. The zero-order chi connectivity index (χ0) is 36.5. The van der Waals surface area contributed by atoms with Gasteiger partial charge in [0.1, 0.15) is 23.7 Å². The summed E-state index contributed by atoms with van der Waals surface area (Å²) >= 11 is 0. The van der Waals surface area contributed by atoms with E-state index in [9.17, 15) is 14.4 Å². The third kappa shape index (κ3) is 7.04. The highest BCUT2D eigenvalue weighted by molar-refractivity contribution is 6.12. The van der Waals surface area contributed by atoms with Gasteiger partial charge >= 0.3 is 5.97 Å². The number of methoxy groups -OCH3 is 1. The van der Waals surface area contributed by atoms with Gasteiger partial charge in [-0.25, -0.2) is 9.50 Å². The Kier molecular flexibility index (Phi) is 9.61. The van der Waals surface area contributed by atoms with Gasteiger partial charge in [0.25, 0.3) is 11.8 Å². The predicted molar refractivity (Wildman–Crippen MR) is 198 cm³/mol. The Labute approximate surface area is 303 Å². The van der Waals surface area contributed by atoms with Crippen molar-refractivity contribution in [3.63, 3.8) is 0 Å². The molecule has 0 saturated heterocycles. The van der Waals surface area contributed by atoms with Crippen molar-refractivity contribution in [3.05, 3.63) is 95.3 Å². The number of hydrogen-bond acceptors (Lipinski definition) is 8. The molecule has 2 heterocycles. The molecule has 3 aromatic carbocycles. The van der Waals surface area contributed by atoms with Crippen molar-refractivity contribution < 1.29 is 28.6 Å². The maximum atomic E-state index is 13.9. The number of aromatic nitrogens is 3. The van der Waals surface area contributed by atoms with E-state index in [4.69, 9.17) is 14.2 Å². The molecule has 11 heteroatoms. The third-order valence-corrected chi connectivity index (χ3v) is 10.9. The maximum absolute atomic E-state index is 13.9. The number of carbonyl (C=O) groups is 3. The van der Waals surface area contributed by atoms with Crippen LogP contribution in [0, 0.1) is 17.8 Å². The minimum atomic E-state index is -0.618. The van der Waals surface area contributed by atoms with Gasteiger partial charge in [-0.15, -0.1) is 5.10 Å². The monoisotopic (exact) mass is 703 g/mol. The van der Waals surface area contributed by atoms with Crippen molar-refractivity contribution >= 4 is 40.0 Å². The van der Waals surface area contributed by atoms with Crippen molar-refractivity contribution in [2.24, 2.45) is 10.8 Å². The first-order valence-corrected chi connectivity index (χ1v) is 18.0. The lowest BCUT2D eigenvalue weighted by Crippen LogP contribution is -2.40. The molecule has 0 bridgehead atoms. The SMILES string of the molecule is COc1cc(C)c(O[C@H]2CC[C@@](C)(C(=O)OCc3cccc4ccccc34)CC2)cc1C(=O)Nc1nn2cccnc2c1C(=O)NCC1(C)CCC1. The smallest absolute Gasteiger partial charge is 0.312 e. The summed E-state index contributed by atoms with van der Waals surface area (Å²) in [5, 5.41) is 12.6. The van der Waals surface area contributed by atoms with Gasteiger partial charge in [-0.3, -0.25) is 14.4 Å². The van der Waals surface area contributed by atoms with Crippen LogP contribution >= 0.6 is 0 Å². The molecule has 52 heavy (non-hydrogen) atoms. The molecule has 11 nitrogen and oxygen atoms in total. The molecule has 0 unspecified atom stereocenters. The first kappa shape index (κ1) is 35.0. The molecule has 0 radical (unpaired) electrons. The highest BCUT2D eigenvalue weighted by atomic mass is 16.5. The summed E-state index contributed by atoms with van der Waals surface area (Å²) in [5.41, 5.74) is 2.01. The molecule has 2 fully saturated rings. The summed E-state index contributed by atoms with van der Waals surface area (Å²) in [7, 11) is 1.50. The van der Waals surface area contributed by atoms with E-state index in [1.54, 1.807) is 30.6 Å². The second kappa shape index (κ2) is 14.3. The second-order valence-electron chi connectivity index (χ2n) is 14.8. The quantitative estimate of drug-likeness (QED) is 0.136. The number of esters is 1. The van der Waals surface area contributed by atoms with E-state index in [-0.39, 0.29) is 46.9 Å². The van der Waals surface area contributed by atoms with Crippen LogP contribution in [0.25, 0.3) is 16.4 Å². The minimum Gasteiger partial charge on any atom is -0.496 e. The van der Waals surface area contributed by atoms with E-state index < -0.39 is 11.3 Å². The Morgan fingerprint density at radius 1 is 0.942 bits per heavy atom. The summed E-state index contributed by atoms with van der Waals surface area (Å²) in [6, 6.07) is 19.3. The number of amides is 2. The van der Waals surface area contributed by atoms with E-state index in [2.05, 4.69) is 39.8 Å². The molecule has 5 aromatic rings. The molecule has 2 aliphatic rings. The zero-order valence-corrected chi connectivity index (χ0v) is 30.2. The van der Waals surface area contributed by atoms with Crippen molar-refractivity contribution in [3.8, 4) is 11.5 Å². The Morgan fingerprint density at radius 2 is 1.71 bits per heavy atom. The van der Waals surface area contributed by atoms with Gasteiger partial charge in [-0.2, -0.15) is 0 Å². The van der Waals surface area contributed by atoms with Crippen molar-refractivity contribution in [1.82, 2.24) is 19.9 Å². The first-order chi connectivity index (χ1) is 25.1. The molecular weight excluding hydrogens is 658 g/mol. The average molecular weight is 704 g/mol. The number of rotatable bonds is 11. The van der Waals surface area contributed by atoms with Crippen LogP contribution in [0.4, 0.5) is 5.82 Å². The number of aryl methyl sites for hydroxylation is 1. The van der Waals surface area contributed by atoms with Crippen LogP contribution in [-0.4, -0.2) is 52.1 Å². The summed E-state index contributed by atoms with van der Waals surface area (Å²) in [6.45, 7) is 6.78. The molecule has 0 spiro atoms. The number of nitrogens with one attached hydrogen (secondary N) is 2. The van der Waals surface area contributed by atoms with E-state index in [1.807, 2.05) is 44.2 Å². The lowest BCUT2D eigenvalue weighted by Gasteiger charge is -2.38. The average Bonchev–Trinajstić information content (AvgIpc) is 3.51. The number of ether oxygens (including phenoxy) is 3. The van der Waals surface area contributed by atoms with Gasteiger partial charge in [-0.1, -0.05) is 55.8 Å². The molecule has 270 valence electrons. The largest absolute Gasteiger partial charge is 0.496 e. The molecule has 2 aliphatic carbocycles. The molecule has 0 aliphatic heterocycles. The molecular formula is C41H45N5O6. The van der Waals surface area contributed by atoms with Crippen molar-refractivity contribution in [2.75, 3.05) is 19.0 Å². The lowest BCUT2D eigenvalue weighted by molar-refractivity contribution is -0.159. The number of anilines is 1.